The number of nitrogens with one attached hydrogen (secondary N) is 2. The zero-order valence-electron chi connectivity index (χ0n) is 11.1. The second-order valence-electron chi connectivity index (χ2n) is 5.36. The number of anilines is 1. The molecular formula is C12H19N5O2S. The smallest absolute Gasteiger partial charge is 0.242 e. The van der Waals surface area contributed by atoms with E-state index in [2.05, 4.69) is 20.0 Å². The topological polar surface area (TPSA) is 100 Å². The molecule has 3 rings (SSSR count). The molecule has 1 unspecified atom stereocenters. The van der Waals surface area contributed by atoms with E-state index in [1.807, 2.05) is 0 Å². The number of rotatable bonds is 5. The molecule has 7 nitrogen and oxygen atoms in total. The molecular weight excluding hydrogens is 278 g/mol. The third-order valence-electron chi connectivity index (χ3n) is 3.80. The minimum atomic E-state index is -3.51. The summed E-state index contributed by atoms with van der Waals surface area (Å²) in [6, 6.07) is 3.71. The SMILES string of the molecule is NNc1ccc(S(=O)(=O)NC2CCN(C3CC3)C2)cn1. The molecule has 1 atom stereocenters. The maximum absolute atomic E-state index is 12.3. The summed E-state index contributed by atoms with van der Waals surface area (Å²) < 4.78 is 27.3. The first kappa shape index (κ1) is 13.7. The summed E-state index contributed by atoms with van der Waals surface area (Å²) in [7, 11) is -3.51. The van der Waals surface area contributed by atoms with E-state index in [0.717, 1.165) is 19.5 Å². The quantitative estimate of drug-likeness (QED) is 0.517. The zero-order valence-corrected chi connectivity index (χ0v) is 11.9. The molecule has 4 N–H and O–H groups in total. The molecule has 0 radical (unpaired) electrons. The van der Waals surface area contributed by atoms with Crippen molar-refractivity contribution in [3.8, 4) is 0 Å². The van der Waals surface area contributed by atoms with Gasteiger partial charge < -0.3 is 5.43 Å². The number of hydrazine groups is 1. The first-order chi connectivity index (χ1) is 9.58. The van der Waals surface area contributed by atoms with E-state index in [0.29, 0.717) is 11.9 Å². The van der Waals surface area contributed by atoms with Crippen LogP contribution in [0.3, 0.4) is 0 Å². The third-order valence-corrected chi connectivity index (χ3v) is 5.31. The molecule has 0 spiro atoms. The molecule has 0 amide bonds. The van der Waals surface area contributed by atoms with Crippen molar-refractivity contribution in [1.29, 1.82) is 0 Å². The molecule has 1 aromatic rings. The summed E-state index contributed by atoms with van der Waals surface area (Å²) in [5.41, 5.74) is 2.37. The van der Waals surface area contributed by atoms with Gasteiger partial charge in [-0.05, 0) is 31.4 Å². The highest BCUT2D eigenvalue weighted by atomic mass is 32.2. The van der Waals surface area contributed by atoms with Crippen LogP contribution >= 0.6 is 0 Å². The number of nitrogens with zero attached hydrogens (tertiary/aromatic N) is 2. The van der Waals surface area contributed by atoms with Gasteiger partial charge in [-0.15, -0.1) is 0 Å². The molecule has 0 aromatic carbocycles. The Morgan fingerprint density at radius 3 is 2.70 bits per heavy atom. The summed E-state index contributed by atoms with van der Waals surface area (Å²) in [5, 5.41) is 0. The zero-order chi connectivity index (χ0) is 14.2. The molecule has 8 heteroatoms. The Labute approximate surface area is 118 Å². The number of hydrogen-bond acceptors (Lipinski definition) is 6. The lowest BCUT2D eigenvalue weighted by atomic mass is 10.3. The lowest BCUT2D eigenvalue weighted by Gasteiger charge is -2.16. The fourth-order valence-electron chi connectivity index (χ4n) is 2.57. The van der Waals surface area contributed by atoms with Gasteiger partial charge in [-0.2, -0.15) is 0 Å². The molecule has 20 heavy (non-hydrogen) atoms. The van der Waals surface area contributed by atoms with E-state index in [9.17, 15) is 8.42 Å². The van der Waals surface area contributed by atoms with E-state index in [4.69, 9.17) is 5.84 Å². The predicted molar refractivity (Wildman–Crippen MR) is 75.4 cm³/mol. The molecule has 1 saturated heterocycles. The Bertz CT molecular complexity index is 570. The number of likely N-dealkylation sites (tertiary alicyclic amines) is 1. The molecule has 0 bridgehead atoms. The van der Waals surface area contributed by atoms with E-state index in [1.165, 1.54) is 25.1 Å². The van der Waals surface area contributed by atoms with Crippen molar-refractivity contribution in [2.24, 2.45) is 5.84 Å². The standard InChI is InChI=1S/C12H19N5O2S/c13-15-12-4-3-11(7-14-12)20(18,19)16-9-5-6-17(8-9)10-1-2-10/h3-4,7,9-10,16H,1-2,5-6,8,13H2,(H,14,15). The van der Waals surface area contributed by atoms with Gasteiger partial charge in [0.05, 0.1) is 0 Å². The van der Waals surface area contributed by atoms with Crippen molar-refractivity contribution in [3.63, 3.8) is 0 Å². The number of nitrogen functional groups attached to an aromatic ring is 1. The Kier molecular flexibility index (Phi) is 3.63. The van der Waals surface area contributed by atoms with Crippen LogP contribution in [-0.4, -0.2) is 43.5 Å². The van der Waals surface area contributed by atoms with Gasteiger partial charge in [0.1, 0.15) is 10.7 Å². The summed E-state index contributed by atoms with van der Waals surface area (Å²) >= 11 is 0. The summed E-state index contributed by atoms with van der Waals surface area (Å²) in [5.74, 6) is 5.64. The number of hydrogen-bond donors (Lipinski definition) is 3. The first-order valence-corrected chi connectivity index (χ1v) is 8.26. The van der Waals surface area contributed by atoms with Crippen LogP contribution in [0, 0.1) is 0 Å². The Morgan fingerprint density at radius 1 is 1.30 bits per heavy atom. The second kappa shape index (κ2) is 5.28. The molecule has 1 aliphatic carbocycles. The van der Waals surface area contributed by atoms with Gasteiger partial charge in [0, 0.05) is 31.4 Å². The van der Waals surface area contributed by atoms with Crippen LogP contribution in [-0.2, 0) is 10.0 Å². The van der Waals surface area contributed by atoms with Crippen LogP contribution in [0.1, 0.15) is 19.3 Å². The van der Waals surface area contributed by atoms with Gasteiger partial charge in [0.25, 0.3) is 0 Å². The number of aromatic nitrogens is 1. The first-order valence-electron chi connectivity index (χ1n) is 6.77. The predicted octanol–water partition coefficient (Wildman–Crippen LogP) is -0.118. The lowest BCUT2D eigenvalue weighted by Crippen LogP contribution is -2.37. The number of nitrogens with two attached hydrogens (primary N) is 1. The van der Waals surface area contributed by atoms with Crippen LogP contribution < -0.4 is 16.0 Å². The average molecular weight is 297 g/mol. The van der Waals surface area contributed by atoms with E-state index in [1.54, 1.807) is 6.07 Å². The van der Waals surface area contributed by atoms with Crippen LogP contribution in [0.2, 0.25) is 0 Å². The number of sulfonamides is 1. The minimum absolute atomic E-state index is 0.00656. The Hall–Kier alpha value is -1.22. The molecule has 2 heterocycles. The highest BCUT2D eigenvalue weighted by molar-refractivity contribution is 7.89. The lowest BCUT2D eigenvalue weighted by molar-refractivity contribution is 0.322. The maximum Gasteiger partial charge on any atom is 0.242 e. The van der Waals surface area contributed by atoms with Gasteiger partial charge in [0.15, 0.2) is 0 Å². The second-order valence-corrected chi connectivity index (χ2v) is 7.07. The molecule has 2 fully saturated rings. The highest BCUT2D eigenvalue weighted by Gasteiger charge is 2.35. The Balaban J connectivity index is 1.65. The molecule has 1 saturated carbocycles. The van der Waals surface area contributed by atoms with Gasteiger partial charge in [-0.25, -0.2) is 24.0 Å². The van der Waals surface area contributed by atoms with Crippen LogP contribution in [0.15, 0.2) is 23.2 Å². The van der Waals surface area contributed by atoms with Gasteiger partial charge in [-0.1, -0.05) is 0 Å². The number of pyridine rings is 1. The molecule has 2 aliphatic rings. The van der Waals surface area contributed by atoms with Crippen molar-refractivity contribution in [1.82, 2.24) is 14.6 Å². The highest BCUT2D eigenvalue weighted by Crippen LogP contribution is 2.30. The molecule has 1 aliphatic heterocycles. The van der Waals surface area contributed by atoms with Gasteiger partial charge in [0.2, 0.25) is 10.0 Å². The van der Waals surface area contributed by atoms with Crippen molar-refractivity contribution < 1.29 is 8.42 Å². The minimum Gasteiger partial charge on any atom is -0.308 e. The van der Waals surface area contributed by atoms with Gasteiger partial charge >= 0.3 is 0 Å². The van der Waals surface area contributed by atoms with E-state index >= 15 is 0 Å². The fourth-order valence-corrected chi connectivity index (χ4v) is 3.77. The average Bonchev–Trinajstić information content (AvgIpc) is 3.20. The summed E-state index contributed by atoms with van der Waals surface area (Å²) in [6.45, 7) is 1.78. The Morgan fingerprint density at radius 2 is 2.10 bits per heavy atom. The van der Waals surface area contributed by atoms with Crippen molar-refractivity contribution in [3.05, 3.63) is 18.3 Å². The maximum atomic E-state index is 12.3. The molecule has 1 aromatic heterocycles. The van der Waals surface area contributed by atoms with Crippen molar-refractivity contribution in [2.45, 2.75) is 36.2 Å². The van der Waals surface area contributed by atoms with E-state index < -0.39 is 10.0 Å². The summed E-state index contributed by atoms with van der Waals surface area (Å²) in [4.78, 5) is 6.46. The third kappa shape index (κ3) is 2.93. The van der Waals surface area contributed by atoms with Crippen molar-refractivity contribution in [2.75, 3.05) is 18.5 Å². The largest absolute Gasteiger partial charge is 0.308 e. The molecule has 110 valence electrons. The van der Waals surface area contributed by atoms with Crippen LogP contribution in [0.25, 0.3) is 0 Å². The normalized spacial score (nSPS) is 23.9. The van der Waals surface area contributed by atoms with Crippen LogP contribution in [0.5, 0.6) is 0 Å². The fraction of sp³-hybridized carbons (Fsp3) is 0.583. The monoisotopic (exact) mass is 297 g/mol. The van der Waals surface area contributed by atoms with Gasteiger partial charge in [-0.3, -0.25) is 4.90 Å². The summed E-state index contributed by atoms with van der Waals surface area (Å²) in [6.07, 6.45) is 4.67. The van der Waals surface area contributed by atoms with Crippen LogP contribution in [0.4, 0.5) is 5.82 Å². The van der Waals surface area contributed by atoms with Crippen molar-refractivity contribution >= 4 is 15.8 Å². The van der Waals surface area contributed by atoms with E-state index in [-0.39, 0.29) is 10.9 Å².